The summed E-state index contributed by atoms with van der Waals surface area (Å²) < 4.78 is 27.1. The van der Waals surface area contributed by atoms with Crippen LogP contribution in [0.3, 0.4) is 0 Å². The molecule has 1 fully saturated rings. The number of sulfonamides is 1. The number of piperidine rings is 1. The van der Waals surface area contributed by atoms with Crippen LogP contribution in [-0.2, 0) is 20.6 Å². The second kappa shape index (κ2) is 8.42. The Kier molecular flexibility index (Phi) is 6.19. The highest BCUT2D eigenvalue weighted by atomic mass is 35.5. The van der Waals surface area contributed by atoms with Crippen molar-refractivity contribution in [1.29, 1.82) is 0 Å². The molecule has 1 unspecified atom stereocenters. The number of hydrogen-bond acceptors (Lipinski definition) is 3. The van der Waals surface area contributed by atoms with Crippen molar-refractivity contribution in [2.24, 2.45) is 5.92 Å². The number of carbonyl (C=O) groups excluding carboxylic acids is 1. The largest absolute Gasteiger partial charge is 0.326 e. The van der Waals surface area contributed by atoms with Gasteiger partial charge in [0.05, 0.1) is 11.7 Å². The van der Waals surface area contributed by atoms with Crippen molar-refractivity contribution in [2.45, 2.75) is 25.5 Å². The van der Waals surface area contributed by atoms with Gasteiger partial charge in [-0.1, -0.05) is 48.0 Å². The minimum absolute atomic E-state index is 0.137. The molecule has 7 heteroatoms. The Labute approximate surface area is 165 Å². The second-order valence-corrected chi connectivity index (χ2v) is 9.23. The van der Waals surface area contributed by atoms with Gasteiger partial charge in [-0.2, -0.15) is 0 Å². The topological polar surface area (TPSA) is 66.5 Å². The molecule has 0 aromatic heterocycles. The van der Waals surface area contributed by atoms with Gasteiger partial charge in [-0.15, -0.1) is 0 Å². The van der Waals surface area contributed by atoms with Gasteiger partial charge in [0.25, 0.3) is 0 Å². The van der Waals surface area contributed by atoms with E-state index in [2.05, 4.69) is 5.32 Å². The molecule has 1 N–H and O–H groups in total. The lowest BCUT2D eigenvalue weighted by atomic mass is 9.98. The normalized spacial score (nSPS) is 18.2. The lowest BCUT2D eigenvalue weighted by Crippen LogP contribution is -2.44. The molecule has 0 aliphatic carbocycles. The van der Waals surface area contributed by atoms with Crippen LogP contribution in [0.5, 0.6) is 0 Å². The first kappa shape index (κ1) is 19.9. The second-order valence-electron chi connectivity index (χ2n) is 6.85. The third-order valence-electron chi connectivity index (χ3n) is 4.85. The van der Waals surface area contributed by atoms with Crippen molar-refractivity contribution in [3.05, 3.63) is 64.7 Å². The van der Waals surface area contributed by atoms with Crippen LogP contribution in [0.2, 0.25) is 5.02 Å². The van der Waals surface area contributed by atoms with E-state index in [9.17, 15) is 13.2 Å². The Morgan fingerprint density at radius 3 is 2.63 bits per heavy atom. The van der Waals surface area contributed by atoms with Crippen molar-refractivity contribution in [1.82, 2.24) is 4.31 Å². The monoisotopic (exact) mass is 406 g/mol. The molecule has 144 valence electrons. The van der Waals surface area contributed by atoms with Crippen LogP contribution in [0, 0.1) is 12.8 Å². The summed E-state index contributed by atoms with van der Waals surface area (Å²) in [5, 5.41) is 3.37. The summed E-state index contributed by atoms with van der Waals surface area (Å²) in [5.74, 6) is -0.653. The number of aryl methyl sites for hydroxylation is 1. The molecule has 1 heterocycles. The molecule has 1 saturated heterocycles. The molecule has 3 rings (SSSR count). The Morgan fingerprint density at radius 1 is 1.19 bits per heavy atom. The molecule has 5 nitrogen and oxygen atoms in total. The summed E-state index contributed by atoms with van der Waals surface area (Å²) in [6, 6.07) is 14.5. The van der Waals surface area contributed by atoms with Crippen molar-refractivity contribution < 1.29 is 13.2 Å². The maximum atomic E-state index is 12.8. The minimum atomic E-state index is -3.54. The highest BCUT2D eigenvalue weighted by Gasteiger charge is 2.32. The first-order chi connectivity index (χ1) is 12.9. The van der Waals surface area contributed by atoms with Gasteiger partial charge in [0.2, 0.25) is 15.9 Å². The minimum Gasteiger partial charge on any atom is -0.326 e. The number of nitrogens with zero attached hydrogens (tertiary/aromatic N) is 1. The average molecular weight is 407 g/mol. The molecular weight excluding hydrogens is 384 g/mol. The van der Waals surface area contributed by atoms with E-state index >= 15 is 0 Å². The summed E-state index contributed by atoms with van der Waals surface area (Å²) in [6.45, 7) is 2.56. The van der Waals surface area contributed by atoms with Gasteiger partial charge in [0, 0.05) is 23.8 Å². The zero-order valence-corrected chi connectivity index (χ0v) is 16.8. The summed E-state index contributed by atoms with van der Waals surface area (Å²) in [7, 11) is -3.54. The molecule has 1 amide bonds. The predicted octanol–water partition coefficient (Wildman–Crippen LogP) is 3.83. The van der Waals surface area contributed by atoms with Crippen molar-refractivity contribution >= 4 is 33.2 Å². The molecule has 27 heavy (non-hydrogen) atoms. The summed E-state index contributed by atoms with van der Waals surface area (Å²) in [4.78, 5) is 12.7. The number of hydrogen-bond donors (Lipinski definition) is 1. The maximum absolute atomic E-state index is 12.8. The number of halogens is 1. The van der Waals surface area contributed by atoms with E-state index in [-0.39, 0.29) is 24.1 Å². The van der Waals surface area contributed by atoms with E-state index in [1.54, 1.807) is 24.3 Å². The molecule has 0 bridgehead atoms. The van der Waals surface area contributed by atoms with Crippen LogP contribution < -0.4 is 5.32 Å². The zero-order chi connectivity index (χ0) is 19.4. The molecule has 0 radical (unpaired) electrons. The molecule has 0 saturated carbocycles. The van der Waals surface area contributed by atoms with Gasteiger partial charge < -0.3 is 5.32 Å². The Balaban J connectivity index is 1.69. The van der Waals surface area contributed by atoms with E-state index < -0.39 is 10.0 Å². The number of amides is 1. The predicted molar refractivity (Wildman–Crippen MR) is 108 cm³/mol. The van der Waals surface area contributed by atoms with Gasteiger partial charge in [-0.25, -0.2) is 12.7 Å². The fourth-order valence-corrected chi connectivity index (χ4v) is 5.18. The van der Waals surface area contributed by atoms with Gasteiger partial charge >= 0.3 is 0 Å². The lowest BCUT2D eigenvalue weighted by molar-refractivity contribution is -0.120. The smallest absolute Gasteiger partial charge is 0.228 e. The Bertz CT molecular complexity index is 930. The number of para-hydroxylation sites is 1. The molecule has 1 aliphatic rings. The lowest BCUT2D eigenvalue weighted by Gasteiger charge is -2.31. The molecule has 1 aliphatic heterocycles. The van der Waals surface area contributed by atoms with Gasteiger partial charge in [0.15, 0.2) is 0 Å². The van der Waals surface area contributed by atoms with E-state index in [0.717, 1.165) is 11.3 Å². The van der Waals surface area contributed by atoms with Crippen LogP contribution in [-0.4, -0.2) is 31.7 Å². The third-order valence-corrected chi connectivity index (χ3v) is 7.01. The first-order valence-electron chi connectivity index (χ1n) is 8.94. The van der Waals surface area contributed by atoms with E-state index in [4.69, 9.17) is 11.6 Å². The number of nitrogens with one attached hydrogen (secondary N) is 1. The standard InChI is InChI=1S/C20H23ClN2O3S/c1-15-7-2-5-11-19(15)22-20(24)16-9-6-12-23(13-16)27(25,26)14-17-8-3-4-10-18(17)21/h2-5,7-8,10-11,16H,6,9,12-14H2,1H3,(H,22,24). The number of anilines is 1. The van der Waals surface area contributed by atoms with Crippen LogP contribution >= 0.6 is 11.6 Å². The third kappa shape index (κ3) is 4.89. The Morgan fingerprint density at radius 2 is 1.89 bits per heavy atom. The molecule has 1 atom stereocenters. The summed E-state index contributed by atoms with van der Waals surface area (Å²) >= 11 is 6.11. The fourth-order valence-electron chi connectivity index (χ4n) is 3.26. The molecule has 0 spiro atoms. The summed E-state index contributed by atoms with van der Waals surface area (Å²) in [6.07, 6.45) is 1.34. The quantitative estimate of drug-likeness (QED) is 0.820. The Hall–Kier alpha value is -1.89. The van der Waals surface area contributed by atoms with Crippen molar-refractivity contribution in [3.8, 4) is 0 Å². The van der Waals surface area contributed by atoms with Gasteiger partial charge in [0.1, 0.15) is 0 Å². The maximum Gasteiger partial charge on any atom is 0.228 e. The molecule has 2 aromatic carbocycles. The fraction of sp³-hybridized carbons (Fsp3) is 0.350. The number of rotatable bonds is 5. The highest BCUT2D eigenvalue weighted by Crippen LogP contribution is 2.25. The van der Waals surface area contributed by atoms with E-state index in [1.807, 2.05) is 31.2 Å². The number of carbonyl (C=O) groups is 1. The van der Waals surface area contributed by atoms with Crippen molar-refractivity contribution in [3.63, 3.8) is 0 Å². The van der Waals surface area contributed by atoms with Crippen LogP contribution in [0.25, 0.3) is 0 Å². The zero-order valence-electron chi connectivity index (χ0n) is 15.2. The molecular formula is C20H23ClN2O3S. The van der Waals surface area contributed by atoms with Crippen LogP contribution in [0.1, 0.15) is 24.0 Å². The molecule has 2 aromatic rings. The van der Waals surface area contributed by atoms with Crippen molar-refractivity contribution in [2.75, 3.05) is 18.4 Å². The van der Waals surface area contributed by atoms with Crippen LogP contribution in [0.15, 0.2) is 48.5 Å². The van der Waals surface area contributed by atoms with Gasteiger partial charge in [-0.05, 0) is 43.0 Å². The van der Waals surface area contributed by atoms with Gasteiger partial charge in [-0.3, -0.25) is 4.79 Å². The number of benzene rings is 2. The first-order valence-corrected chi connectivity index (χ1v) is 10.9. The summed E-state index contributed by atoms with van der Waals surface area (Å²) in [5.41, 5.74) is 2.31. The van der Waals surface area contributed by atoms with E-state index in [1.165, 1.54) is 4.31 Å². The van der Waals surface area contributed by atoms with Crippen LogP contribution in [0.4, 0.5) is 5.69 Å². The van der Waals surface area contributed by atoms with E-state index in [0.29, 0.717) is 30.0 Å². The average Bonchev–Trinajstić information content (AvgIpc) is 2.65. The SMILES string of the molecule is Cc1ccccc1NC(=O)C1CCCN(S(=O)(=O)Cc2ccccc2Cl)C1. The highest BCUT2D eigenvalue weighted by molar-refractivity contribution is 7.88.